The average Bonchev–Trinajstić information content (AvgIpc) is 3.08. The molecule has 0 radical (unpaired) electrons. The van der Waals surface area contributed by atoms with Crippen LogP contribution in [0.5, 0.6) is 0 Å². The van der Waals surface area contributed by atoms with Crippen LogP contribution in [0.2, 0.25) is 0 Å². The monoisotopic (exact) mass is 686 g/mol. The minimum absolute atomic E-state index is 0.178. The lowest BCUT2D eigenvalue weighted by Crippen LogP contribution is -2.60. The van der Waals surface area contributed by atoms with Gasteiger partial charge >= 0.3 is 0 Å². The van der Waals surface area contributed by atoms with E-state index < -0.39 is 49.5 Å². The summed E-state index contributed by atoms with van der Waals surface area (Å²) in [5, 5.41) is 53.9. The third-order valence-electron chi connectivity index (χ3n) is 9.61. The van der Waals surface area contributed by atoms with Gasteiger partial charge in [0.1, 0.15) is 24.4 Å². The lowest BCUT2D eigenvalue weighted by Gasteiger charge is -2.40. The highest BCUT2D eigenvalue weighted by Gasteiger charge is 2.44. The summed E-state index contributed by atoms with van der Waals surface area (Å²) in [5.74, 6) is -0.178. The number of allylic oxidation sites excluding steroid dienone is 1. The van der Waals surface area contributed by atoms with Crippen LogP contribution in [0.15, 0.2) is 12.2 Å². The molecular formula is C39H75NO8. The van der Waals surface area contributed by atoms with Crippen LogP contribution in [-0.4, -0.2) is 87.5 Å². The van der Waals surface area contributed by atoms with Crippen LogP contribution in [0.1, 0.15) is 174 Å². The predicted octanol–water partition coefficient (Wildman–Crippen LogP) is 7.00. The summed E-state index contributed by atoms with van der Waals surface area (Å²) in [6, 6.07) is -0.796. The van der Waals surface area contributed by atoms with E-state index in [1.165, 1.54) is 116 Å². The first-order chi connectivity index (χ1) is 23.3. The zero-order chi connectivity index (χ0) is 35.2. The van der Waals surface area contributed by atoms with Crippen LogP contribution in [0, 0.1) is 0 Å². The molecule has 48 heavy (non-hydrogen) atoms. The third kappa shape index (κ3) is 21.9. The zero-order valence-corrected chi connectivity index (χ0v) is 30.7. The van der Waals surface area contributed by atoms with Gasteiger partial charge in [-0.25, -0.2) is 0 Å². The second kappa shape index (κ2) is 30.7. The summed E-state index contributed by atoms with van der Waals surface area (Å²) in [6.45, 7) is 3.74. The van der Waals surface area contributed by atoms with Crippen molar-refractivity contribution >= 4 is 5.91 Å². The first kappa shape index (κ1) is 45.0. The van der Waals surface area contributed by atoms with E-state index in [-0.39, 0.29) is 12.5 Å². The molecule has 1 heterocycles. The fourth-order valence-electron chi connectivity index (χ4n) is 6.33. The molecule has 1 aliphatic rings. The standard InChI is InChI=1S/C39H75NO8/c1-3-5-7-9-11-13-15-17-18-20-22-24-26-28-33(42)32(31-47-39-38(46)37(45)36(44)34(30-41)48-39)40-35(43)29-27-25-23-21-19-16-14-12-10-8-6-4-2/h26,28,32-34,36-39,41-42,44-46H,3-25,27,29-31H2,1-2H3,(H,40,43)/b28-26+/t32-,33+,34+,36-,37-,38+,39+/m0/s1. The van der Waals surface area contributed by atoms with Crippen LogP contribution >= 0.6 is 0 Å². The Morgan fingerprint density at radius 1 is 0.688 bits per heavy atom. The van der Waals surface area contributed by atoms with Crippen molar-refractivity contribution in [3.8, 4) is 0 Å². The van der Waals surface area contributed by atoms with Gasteiger partial charge in [-0.15, -0.1) is 0 Å². The highest BCUT2D eigenvalue weighted by Crippen LogP contribution is 2.22. The number of aliphatic hydroxyl groups excluding tert-OH is 5. The Hall–Kier alpha value is -1.07. The van der Waals surface area contributed by atoms with E-state index in [9.17, 15) is 30.3 Å². The van der Waals surface area contributed by atoms with E-state index >= 15 is 0 Å². The number of hydrogen-bond donors (Lipinski definition) is 6. The number of carbonyl (C=O) groups excluding carboxylic acids is 1. The second-order valence-corrected chi connectivity index (χ2v) is 14.1. The maximum atomic E-state index is 12.8. The summed E-state index contributed by atoms with van der Waals surface area (Å²) < 4.78 is 11.2. The van der Waals surface area contributed by atoms with Gasteiger partial charge in [-0.2, -0.15) is 0 Å². The molecule has 7 atom stereocenters. The summed E-state index contributed by atoms with van der Waals surface area (Å²) in [6.07, 6.45) is 25.3. The van der Waals surface area contributed by atoms with Crippen molar-refractivity contribution in [2.24, 2.45) is 0 Å². The van der Waals surface area contributed by atoms with E-state index in [1.54, 1.807) is 6.08 Å². The minimum Gasteiger partial charge on any atom is -0.394 e. The molecule has 6 N–H and O–H groups in total. The molecule has 0 unspecified atom stereocenters. The smallest absolute Gasteiger partial charge is 0.220 e. The molecule has 1 fully saturated rings. The number of hydrogen-bond acceptors (Lipinski definition) is 8. The lowest BCUT2D eigenvalue weighted by atomic mass is 9.99. The zero-order valence-electron chi connectivity index (χ0n) is 30.7. The average molecular weight is 686 g/mol. The summed E-state index contributed by atoms with van der Waals surface area (Å²) in [7, 11) is 0. The van der Waals surface area contributed by atoms with Crippen molar-refractivity contribution < 1.29 is 39.8 Å². The topological polar surface area (TPSA) is 149 Å². The molecule has 1 aliphatic heterocycles. The van der Waals surface area contributed by atoms with E-state index in [1.807, 2.05) is 6.08 Å². The third-order valence-corrected chi connectivity index (χ3v) is 9.61. The molecule has 0 bridgehead atoms. The molecule has 0 spiro atoms. The van der Waals surface area contributed by atoms with Gasteiger partial charge in [-0.1, -0.05) is 161 Å². The van der Waals surface area contributed by atoms with Crippen molar-refractivity contribution in [1.29, 1.82) is 0 Å². The first-order valence-electron chi connectivity index (χ1n) is 19.9. The molecule has 9 nitrogen and oxygen atoms in total. The highest BCUT2D eigenvalue weighted by atomic mass is 16.7. The number of ether oxygens (including phenoxy) is 2. The Kier molecular flexibility index (Phi) is 28.8. The number of aliphatic hydroxyl groups is 5. The maximum absolute atomic E-state index is 12.8. The van der Waals surface area contributed by atoms with Crippen molar-refractivity contribution in [2.75, 3.05) is 13.2 Å². The van der Waals surface area contributed by atoms with Crippen LogP contribution in [0.3, 0.4) is 0 Å². The molecule has 0 aromatic rings. The molecule has 0 aromatic carbocycles. The molecule has 1 saturated heterocycles. The number of unbranched alkanes of at least 4 members (excludes halogenated alkanes) is 22. The van der Waals surface area contributed by atoms with E-state index in [4.69, 9.17) is 9.47 Å². The molecule has 1 rings (SSSR count). The molecule has 0 aliphatic carbocycles. The Morgan fingerprint density at radius 3 is 1.62 bits per heavy atom. The second-order valence-electron chi connectivity index (χ2n) is 14.1. The van der Waals surface area contributed by atoms with Gasteiger partial charge in [-0.05, 0) is 19.3 Å². The maximum Gasteiger partial charge on any atom is 0.220 e. The molecule has 284 valence electrons. The van der Waals surface area contributed by atoms with Gasteiger partial charge in [0.05, 0.1) is 25.4 Å². The van der Waals surface area contributed by atoms with Crippen molar-refractivity contribution in [2.45, 2.75) is 217 Å². The number of amides is 1. The van der Waals surface area contributed by atoms with E-state index in [2.05, 4.69) is 19.2 Å². The predicted molar refractivity (Wildman–Crippen MR) is 194 cm³/mol. The van der Waals surface area contributed by atoms with Gasteiger partial charge in [-0.3, -0.25) is 4.79 Å². The Bertz CT molecular complexity index is 766. The van der Waals surface area contributed by atoms with Crippen molar-refractivity contribution in [3.05, 3.63) is 12.2 Å². The largest absolute Gasteiger partial charge is 0.394 e. The normalized spacial score (nSPS) is 22.7. The minimum atomic E-state index is -1.56. The summed E-state index contributed by atoms with van der Waals surface area (Å²) >= 11 is 0. The fraction of sp³-hybridized carbons (Fsp3) is 0.923. The van der Waals surface area contributed by atoms with Crippen LogP contribution in [0.25, 0.3) is 0 Å². The lowest BCUT2D eigenvalue weighted by molar-refractivity contribution is -0.302. The Balaban J connectivity index is 2.45. The summed E-state index contributed by atoms with van der Waals surface area (Å²) in [4.78, 5) is 12.8. The molecule has 0 saturated carbocycles. The molecule has 9 heteroatoms. The number of carbonyl (C=O) groups is 1. The fourth-order valence-corrected chi connectivity index (χ4v) is 6.33. The number of rotatable bonds is 32. The van der Waals surface area contributed by atoms with Crippen molar-refractivity contribution in [1.82, 2.24) is 5.32 Å². The SMILES string of the molecule is CCCCCCCCCCCCC/C=C/[C@@H](O)[C@H](CO[C@@H]1O[C@H](CO)[C@H](O)[C@H](O)[C@H]1O)NC(=O)CCCCCCCCCCCCCC. The van der Waals surface area contributed by atoms with E-state index in [0.717, 1.165) is 38.5 Å². The molecular weight excluding hydrogens is 610 g/mol. The van der Waals surface area contributed by atoms with Crippen LogP contribution < -0.4 is 5.32 Å². The number of nitrogens with one attached hydrogen (secondary N) is 1. The summed E-state index contributed by atoms with van der Waals surface area (Å²) in [5.41, 5.74) is 0. The van der Waals surface area contributed by atoms with Crippen LogP contribution in [-0.2, 0) is 14.3 Å². The van der Waals surface area contributed by atoms with Gasteiger partial charge in [0.2, 0.25) is 5.91 Å². The first-order valence-corrected chi connectivity index (χ1v) is 19.9. The molecule has 1 amide bonds. The van der Waals surface area contributed by atoms with Crippen LogP contribution in [0.4, 0.5) is 0 Å². The Morgan fingerprint density at radius 2 is 1.15 bits per heavy atom. The van der Waals surface area contributed by atoms with Gasteiger partial charge in [0, 0.05) is 6.42 Å². The van der Waals surface area contributed by atoms with Gasteiger partial charge in [0.15, 0.2) is 6.29 Å². The van der Waals surface area contributed by atoms with Gasteiger partial charge < -0.3 is 40.3 Å². The van der Waals surface area contributed by atoms with E-state index in [0.29, 0.717) is 6.42 Å². The Labute approximate surface area is 293 Å². The highest BCUT2D eigenvalue weighted by molar-refractivity contribution is 5.76. The van der Waals surface area contributed by atoms with Crippen molar-refractivity contribution in [3.63, 3.8) is 0 Å². The quantitative estimate of drug-likeness (QED) is 0.0328. The van der Waals surface area contributed by atoms with Gasteiger partial charge in [0.25, 0.3) is 0 Å². The molecule has 0 aromatic heterocycles.